The van der Waals surface area contributed by atoms with Gasteiger partial charge in [0.25, 0.3) is 0 Å². The molecule has 0 bridgehead atoms. The molecule has 1 N–H and O–H groups in total. The van der Waals surface area contributed by atoms with Crippen molar-refractivity contribution in [3.63, 3.8) is 0 Å². The Kier molecular flexibility index (Phi) is 6.44. The normalized spacial score (nSPS) is 16.0. The molecule has 0 aliphatic carbocycles. The molecule has 25 heavy (non-hydrogen) atoms. The van der Waals surface area contributed by atoms with Gasteiger partial charge >= 0.3 is 0 Å². The number of aromatic nitrogens is 2. The molecule has 1 aromatic carbocycles. The van der Waals surface area contributed by atoms with Crippen molar-refractivity contribution in [1.82, 2.24) is 24.7 Å². The Labute approximate surface area is 153 Å². The summed E-state index contributed by atoms with van der Waals surface area (Å²) in [5.41, 5.74) is 0.946. The van der Waals surface area contributed by atoms with E-state index in [-0.39, 0.29) is 5.91 Å². The van der Waals surface area contributed by atoms with Crippen molar-refractivity contribution in [2.45, 2.75) is 13.1 Å². The third-order valence-corrected chi connectivity index (χ3v) is 4.87. The topological polar surface area (TPSA) is 53.4 Å². The number of halogens is 1. The number of hydrogen-bond acceptors (Lipinski definition) is 4. The Balaban J connectivity index is 1.34. The van der Waals surface area contributed by atoms with Gasteiger partial charge in [-0.1, -0.05) is 29.8 Å². The van der Waals surface area contributed by atoms with E-state index in [9.17, 15) is 4.79 Å². The van der Waals surface area contributed by atoms with Gasteiger partial charge in [0.15, 0.2) is 0 Å². The van der Waals surface area contributed by atoms with E-state index in [1.165, 1.54) is 0 Å². The Morgan fingerprint density at radius 2 is 1.88 bits per heavy atom. The van der Waals surface area contributed by atoms with Gasteiger partial charge in [-0.05, 0) is 11.6 Å². The van der Waals surface area contributed by atoms with Crippen LogP contribution in [0.15, 0.2) is 43.0 Å². The number of hydrogen-bond donors (Lipinski definition) is 1. The molecule has 6 nitrogen and oxygen atoms in total. The maximum atomic E-state index is 12.1. The van der Waals surface area contributed by atoms with Gasteiger partial charge in [-0.3, -0.25) is 14.6 Å². The van der Waals surface area contributed by atoms with Gasteiger partial charge in [0, 0.05) is 63.2 Å². The standard InChI is InChI=1S/C18H24ClN5O/c19-17-4-2-1-3-16(17)13-21-18(25)14-23-10-7-22(8-11-23)9-12-24-6-5-20-15-24/h1-6,15H,7-14H2,(H,21,25). The maximum Gasteiger partial charge on any atom is 0.234 e. The van der Waals surface area contributed by atoms with Crippen LogP contribution >= 0.6 is 11.6 Å². The van der Waals surface area contributed by atoms with Crippen LogP contribution in [0.1, 0.15) is 5.56 Å². The second-order valence-electron chi connectivity index (χ2n) is 6.29. The van der Waals surface area contributed by atoms with Gasteiger partial charge in [0.2, 0.25) is 5.91 Å². The van der Waals surface area contributed by atoms with Crippen molar-refractivity contribution in [3.8, 4) is 0 Å². The number of nitrogens with one attached hydrogen (secondary N) is 1. The Morgan fingerprint density at radius 1 is 1.12 bits per heavy atom. The van der Waals surface area contributed by atoms with Crippen LogP contribution in [0.2, 0.25) is 5.02 Å². The van der Waals surface area contributed by atoms with Crippen LogP contribution in [0.5, 0.6) is 0 Å². The first-order valence-corrected chi connectivity index (χ1v) is 8.99. The molecule has 0 unspecified atom stereocenters. The second-order valence-corrected chi connectivity index (χ2v) is 6.69. The van der Waals surface area contributed by atoms with E-state index in [0.717, 1.165) is 44.8 Å². The minimum Gasteiger partial charge on any atom is -0.351 e. The number of amides is 1. The lowest BCUT2D eigenvalue weighted by Crippen LogP contribution is -2.49. The molecule has 0 spiro atoms. The highest BCUT2D eigenvalue weighted by Crippen LogP contribution is 2.14. The highest BCUT2D eigenvalue weighted by molar-refractivity contribution is 6.31. The molecule has 2 aromatic rings. The van der Waals surface area contributed by atoms with Crippen molar-refractivity contribution in [3.05, 3.63) is 53.6 Å². The van der Waals surface area contributed by atoms with E-state index in [4.69, 9.17) is 11.6 Å². The molecule has 0 atom stereocenters. The molecule has 1 aromatic heterocycles. The zero-order valence-corrected chi connectivity index (χ0v) is 15.0. The molecule has 1 fully saturated rings. The summed E-state index contributed by atoms with van der Waals surface area (Å²) in [6, 6.07) is 7.59. The highest BCUT2D eigenvalue weighted by Gasteiger charge is 2.18. The number of carbonyl (C=O) groups is 1. The number of imidazole rings is 1. The molecule has 134 valence electrons. The molecule has 1 saturated heterocycles. The summed E-state index contributed by atoms with van der Waals surface area (Å²) < 4.78 is 2.09. The smallest absolute Gasteiger partial charge is 0.234 e. The van der Waals surface area contributed by atoms with E-state index < -0.39 is 0 Å². The van der Waals surface area contributed by atoms with Gasteiger partial charge in [0.1, 0.15) is 0 Å². The van der Waals surface area contributed by atoms with Crippen LogP contribution in [-0.4, -0.2) is 64.5 Å². The third kappa shape index (κ3) is 5.56. The number of carbonyl (C=O) groups excluding carboxylic acids is 1. The predicted molar refractivity (Wildman–Crippen MR) is 98.4 cm³/mol. The van der Waals surface area contributed by atoms with Gasteiger partial charge in [-0.15, -0.1) is 0 Å². The summed E-state index contributed by atoms with van der Waals surface area (Å²) in [5, 5.41) is 3.64. The quantitative estimate of drug-likeness (QED) is 0.811. The van der Waals surface area contributed by atoms with Gasteiger partial charge in [0.05, 0.1) is 12.9 Å². The summed E-state index contributed by atoms with van der Waals surface area (Å²) in [4.78, 5) is 20.8. The van der Waals surface area contributed by atoms with Crippen molar-refractivity contribution < 1.29 is 4.79 Å². The molecule has 1 aliphatic rings. The van der Waals surface area contributed by atoms with Crippen LogP contribution < -0.4 is 5.32 Å². The maximum absolute atomic E-state index is 12.1. The first-order chi connectivity index (χ1) is 12.2. The molecule has 0 radical (unpaired) electrons. The van der Waals surface area contributed by atoms with E-state index in [0.29, 0.717) is 18.1 Å². The molecule has 0 saturated carbocycles. The minimum absolute atomic E-state index is 0.0479. The number of rotatable bonds is 7. The summed E-state index contributed by atoms with van der Waals surface area (Å²) in [6.45, 7) is 6.72. The second kappa shape index (κ2) is 8.99. The van der Waals surface area contributed by atoms with Crippen molar-refractivity contribution in [1.29, 1.82) is 0 Å². The zero-order valence-electron chi connectivity index (χ0n) is 14.3. The fourth-order valence-corrected chi connectivity index (χ4v) is 3.14. The SMILES string of the molecule is O=C(CN1CCN(CCn2ccnc2)CC1)NCc1ccccc1Cl. The third-order valence-electron chi connectivity index (χ3n) is 4.50. The zero-order chi connectivity index (χ0) is 17.5. The van der Waals surface area contributed by atoms with E-state index in [1.807, 2.05) is 36.8 Å². The monoisotopic (exact) mass is 361 g/mol. The van der Waals surface area contributed by atoms with Crippen LogP contribution in [0.25, 0.3) is 0 Å². The van der Waals surface area contributed by atoms with Crippen LogP contribution in [0.3, 0.4) is 0 Å². The van der Waals surface area contributed by atoms with Crippen LogP contribution in [0, 0.1) is 0 Å². The lowest BCUT2D eigenvalue weighted by Gasteiger charge is -2.34. The van der Waals surface area contributed by atoms with Crippen LogP contribution in [-0.2, 0) is 17.9 Å². The Hall–Kier alpha value is -1.89. The highest BCUT2D eigenvalue weighted by atomic mass is 35.5. The first kappa shape index (κ1) is 17.9. The summed E-state index contributed by atoms with van der Waals surface area (Å²) >= 11 is 6.11. The lowest BCUT2D eigenvalue weighted by molar-refractivity contribution is -0.122. The molecule has 3 rings (SSSR count). The summed E-state index contributed by atoms with van der Waals surface area (Å²) in [7, 11) is 0. The van der Waals surface area contributed by atoms with Gasteiger partial charge in [-0.2, -0.15) is 0 Å². The molecule has 1 amide bonds. The first-order valence-electron chi connectivity index (χ1n) is 8.61. The van der Waals surface area contributed by atoms with E-state index >= 15 is 0 Å². The van der Waals surface area contributed by atoms with Crippen molar-refractivity contribution in [2.75, 3.05) is 39.3 Å². The largest absolute Gasteiger partial charge is 0.351 e. The average molecular weight is 362 g/mol. The molecule has 1 aliphatic heterocycles. The number of nitrogens with zero attached hydrogens (tertiary/aromatic N) is 4. The number of benzene rings is 1. The molecule has 2 heterocycles. The lowest BCUT2D eigenvalue weighted by atomic mass is 10.2. The van der Waals surface area contributed by atoms with E-state index in [1.54, 1.807) is 6.20 Å². The fourth-order valence-electron chi connectivity index (χ4n) is 2.94. The van der Waals surface area contributed by atoms with Crippen molar-refractivity contribution >= 4 is 17.5 Å². The average Bonchev–Trinajstić information content (AvgIpc) is 3.14. The predicted octanol–water partition coefficient (Wildman–Crippen LogP) is 1.47. The Morgan fingerprint density at radius 3 is 2.60 bits per heavy atom. The van der Waals surface area contributed by atoms with Crippen molar-refractivity contribution in [2.24, 2.45) is 0 Å². The summed E-state index contributed by atoms with van der Waals surface area (Å²) in [5.74, 6) is 0.0479. The van der Waals surface area contributed by atoms with Gasteiger partial charge < -0.3 is 9.88 Å². The minimum atomic E-state index is 0.0479. The molecule has 7 heteroatoms. The number of piperazine rings is 1. The van der Waals surface area contributed by atoms with Gasteiger partial charge in [-0.25, -0.2) is 4.98 Å². The van der Waals surface area contributed by atoms with Crippen LogP contribution in [0.4, 0.5) is 0 Å². The van der Waals surface area contributed by atoms with E-state index in [2.05, 4.69) is 24.7 Å². The molecular weight excluding hydrogens is 338 g/mol. The molecular formula is C18H24ClN5O. The summed E-state index contributed by atoms with van der Waals surface area (Å²) in [6.07, 6.45) is 5.64. The Bertz CT molecular complexity index is 668. The fraction of sp³-hybridized carbons (Fsp3) is 0.444.